The van der Waals surface area contributed by atoms with Crippen LogP contribution in [0.3, 0.4) is 0 Å². The van der Waals surface area contributed by atoms with E-state index in [4.69, 9.17) is 4.74 Å². The second-order valence-corrected chi connectivity index (χ2v) is 4.90. The van der Waals surface area contributed by atoms with Gasteiger partial charge >= 0.3 is 0 Å². The van der Waals surface area contributed by atoms with E-state index in [1.807, 2.05) is 18.7 Å². The van der Waals surface area contributed by atoms with E-state index in [1.165, 1.54) is 18.4 Å². The van der Waals surface area contributed by atoms with Crippen LogP contribution in [0, 0.1) is 5.95 Å². The molecule has 2 rings (SSSR count). The van der Waals surface area contributed by atoms with E-state index in [1.54, 1.807) is 17.0 Å². The average Bonchev–Trinajstić information content (AvgIpc) is 2.47. The lowest BCUT2D eigenvalue weighted by atomic mass is 10.2. The summed E-state index contributed by atoms with van der Waals surface area (Å²) in [6.45, 7) is 6.19. The van der Waals surface area contributed by atoms with Crippen LogP contribution in [0.15, 0.2) is 30.5 Å². The van der Waals surface area contributed by atoms with Gasteiger partial charge in [0.05, 0.1) is 12.9 Å². The Labute approximate surface area is 124 Å². The van der Waals surface area contributed by atoms with Crippen molar-refractivity contribution in [2.24, 2.45) is 0 Å². The van der Waals surface area contributed by atoms with E-state index in [0.717, 1.165) is 0 Å². The maximum atomic E-state index is 13.2. The molecule has 1 atom stereocenters. The van der Waals surface area contributed by atoms with E-state index in [-0.39, 0.29) is 11.9 Å². The summed E-state index contributed by atoms with van der Waals surface area (Å²) in [5.41, 5.74) is 0. The monoisotopic (exact) mass is 293 g/mol. The molecule has 0 saturated carbocycles. The highest BCUT2D eigenvalue weighted by Gasteiger charge is 2.26. The van der Waals surface area contributed by atoms with Crippen LogP contribution in [0.25, 0.3) is 0 Å². The molecule has 0 bridgehead atoms. The Kier molecular flexibility index (Phi) is 5.14. The molecule has 1 aromatic heterocycles. The van der Waals surface area contributed by atoms with Gasteiger partial charge in [-0.3, -0.25) is 4.79 Å². The predicted octanol–water partition coefficient (Wildman–Crippen LogP) is 1.81. The first-order chi connectivity index (χ1) is 10.1. The van der Waals surface area contributed by atoms with Gasteiger partial charge in [-0.15, -0.1) is 0 Å². The van der Waals surface area contributed by atoms with Gasteiger partial charge in [-0.05, 0) is 26.0 Å². The summed E-state index contributed by atoms with van der Waals surface area (Å²) in [6, 6.07) is 4.84. The highest BCUT2D eigenvalue weighted by atomic mass is 19.1. The number of nitrogens with zero attached hydrogens (tertiary/aromatic N) is 3. The summed E-state index contributed by atoms with van der Waals surface area (Å²) >= 11 is 0. The molecule has 0 aromatic carbocycles. The Bertz CT molecular complexity index is 521. The van der Waals surface area contributed by atoms with Crippen LogP contribution in [0.4, 0.5) is 10.2 Å². The fourth-order valence-electron chi connectivity index (χ4n) is 2.36. The first-order valence-electron chi connectivity index (χ1n) is 7.08. The van der Waals surface area contributed by atoms with E-state index < -0.39 is 5.95 Å². The van der Waals surface area contributed by atoms with Gasteiger partial charge in [0.2, 0.25) is 11.9 Å². The standard InChI is InChI=1S/C15H20FN3O2/c1-3-21-10-7-15(20)18-8-9-19(12(2)11-18)14-6-4-5-13(16)17-14/h4-7,10,12H,3,8-9,11H2,1-2H3/b10-7+. The number of anilines is 1. The summed E-state index contributed by atoms with van der Waals surface area (Å²) in [5.74, 6) is 0.0551. The van der Waals surface area contributed by atoms with Crippen LogP contribution in [-0.2, 0) is 9.53 Å². The molecule has 0 radical (unpaired) electrons. The number of piperazine rings is 1. The quantitative estimate of drug-likeness (QED) is 0.482. The zero-order valence-electron chi connectivity index (χ0n) is 12.3. The van der Waals surface area contributed by atoms with Crippen LogP contribution in [-0.4, -0.2) is 48.1 Å². The van der Waals surface area contributed by atoms with Gasteiger partial charge in [0.1, 0.15) is 5.82 Å². The zero-order valence-corrected chi connectivity index (χ0v) is 12.3. The fraction of sp³-hybridized carbons (Fsp3) is 0.467. The average molecular weight is 293 g/mol. The van der Waals surface area contributed by atoms with Crippen LogP contribution < -0.4 is 4.90 Å². The maximum Gasteiger partial charge on any atom is 0.249 e. The molecule has 0 N–H and O–H groups in total. The molecule has 1 aliphatic heterocycles. The first kappa shape index (κ1) is 15.3. The third-order valence-corrected chi connectivity index (χ3v) is 3.41. The molecule has 1 fully saturated rings. The minimum Gasteiger partial charge on any atom is -0.501 e. The molecular formula is C15H20FN3O2. The second kappa shape index (κ2) is 7.06. The molecule has 6 heteroatoms. The molecule has 1 amide bonds. The van der Waals surface area contributed by atoms with Crippen molar-refractivity contribution in [1.29, 1.82) is 0 Å². The van der Waals surface area contributed by atoms with Gasteiger partial charge in [-0.1, -0.05) is 6.07 Å². The Morgan fingerprint density at radius 1 is 1.52 bits per heavy atom. The fourth-order valence-corrected chi connectivity index (χ4v) is 2.36. The molecule has 5 nitrogen and oxygen atoms in total. The zero-order chi connectivity index (χ0) is 15.2. The Hall–Kier alpha value is -2.11. The molecule has 2 heterocycles. The van der Waals surface area contributed by atoms with E-state index >= 15 is 0 Å². The minimum atomic E-state index is -0.488. The third kappa shape index (κ3) is 3.93. The molecule has 1 unspecified atom stereocenters. The van der Waals surface area contributed by atoms with Crippen molar-refractivity contribution in [2.75, 3.05) is 31.1 Å². The highest BCUT2D eigenvalue weighted by Crippen LogP contribution is 2.18. The summed E-state index contributed by atoms with van der Waals surface area (Å²) in [4.78, 5) is 19.7. The van der Waals surface area contributed by atoms with E-state index in [2.05, 4.69) is 4.98 Å². The smallest absolute Gasteiger partial charge is 0.249 e. The molecule has 0 aliphatic carbocycles. The largest absolute Gasteiger partial charge is 0.501 e. The minimum absolute atomic E-state index is 0.0675. The summed E-state index contributed by atoms with van der Waals surface area (Å²) in [7, 11) is 0. The van der Waals surface area contributed by atoms with Gasteiger partial charge < -0.3 is 14.5 Å². The molecule has 1 aliphatic rings. The highest BCUT2D eigenvalue weighted by molar-refractivity contribution is 5.87. The molecule has 1 aromatic rings. The lowest BCUT2D eigenvalue weighted by Crippen LogP contribution is -2.53. The summed E-state index contributed by atoms with van der Waals surface area (Å²) < 4.78 is 18.2. The lowest BCUT2D eigenvalue weighted by Gasteiger charge is -2.40. The molecule has 0 spiro atoms. The lowest BCUT2D eigenvalue weighted by molar-refractivity contribution is -0.126. The van der Waals surface area contributed by atoms with Gasteiger partial charge in [0.15, 0.2) is 0 Å². The number of pyridine rings is 1. The van der Waals surface area contributed by atoms with Crippen molar-refractivity contribution in [3.63, 3.8) is 0 Å². The molecular weight excluding hydrogens is 273 g/mol. The number of hydrogen-bond acceptors (Lipinski definition) is 4. The number of carbonyl (C=O) groups is 1. The van der Waals surface area contributed by atoms with Crippen LogP contribution in [0.5, 0.6) is 0 Å². The van der Waals surface area contributed by atoms with E-state index in [9.17, 15) is 9.18 Å². The van der Waals surface area contributed by atoms with E-state index in [0.29, 0.717) is 32.1 Å². The number of carbonyl (C=O) groups excluding carboxylic acids is 1. The van der Waals surface area contributed by atoms with Crippen LogP contribution in [0.2, 0.25) is 0 Å². The van der Waals surface area contributed by atoms with Crippen molar-refractivity contribution in [3.05, 3.63) is 36.5 Å². The maximum absolute atomic E-state index is 13.2. The normalized spacial score (nSPS) is 19.1. The Morgan fingerprint density at radius 3 is 3.00 bits per heavy atom. The van der Waals surface area contributed by atoms with Crippen molar-refractivity contribution in [3.8, 4) is 0 Å². The van der Waals surface area contributed by atoms with Gasteiger partial charge in [0, 0.05) is 31.8 Å². The predicted molar refractivity (Wildman–Crippen MR) is 78.3 cm³/mol. The first-order valence-corrected chi connectivity index (χ1v) is 7.08. The van der Waals surface area contributed by atoms with Crippen molar-refractivity contribution >= 4 is 11.7 Å². The van der Waals surface area contributed by atoms with Crippen LogP contribution in [0.1, 0.15) is 13.8 Å². The third-order valence-electron chi connectivity index (χ3n) is 3.41. The van der Waals surface area contributed by atoms with Crippen molar-refractivity contribution < 1.29 is 13.9 Å². The summed E-state index contributed by atoms with van der Waals surface area (Å²) in [5, 5.41) is 0. The van der Waals surface area contributed by atoms with Gasteiger partial charge in [-0.2, -0.15) is 4.39 Å². The Morgan fingerprint density at radius 2 is 2.33 bits per heavy atom. The second-order valence-electron chi connectivity index (χ2n) is 4.90. The number of rotatable bonds is 4. The number of halogens is 1. The van der Waals surface area contributed by atoms with Crippen molar-refractivity contribution in [2.45, 2.75) is 19.9 Å². The summed E-state index contributed by atoms with van der Waals surface area (Å²) in [6.07, 6.45) is 2.86. The number of aromatic nitrogens is 1. The molecule has 1 saturated heterocycles. The number of hydrogen-bond donors (Lipinski definition) is 0. The SMILES string of the molecule is CCO/C=C/C(=O)N1CCN(c2cccc(F)n2)C(C)C1. The number of amides is 1. The van der Waals surface area contributed by atoms with Crippen LogP contribution >= 0.6 is 0 Å². The Balaban J connectivity index is 1.97. The topological polar surface area (TPSA) is 45.7 Å². The molecule has 114 valence electrons. The van der Waals surface area contributed by atoms with Gasteiger partial charge in [0.25, 0.3) is 0 Å². The molecule has 21 heavy (non-hydrogen) atoms. The number of ether oxygens (including phenoxy) is 1. The van der Waals surface area contributed by atoms with Gasteiger partial charge in [-0.25, -0.2) is 4.98 Å². The van der Waals surface area contributed by atoms with Crippen molar-refractivity contribution in [1.82, 2.24) is 9.88 Å².